The smallest absolute Gasteiger partial charge is 0.226 e. The van der Waals surface area contributed by atoms with E-state index in [1.54, 1.807) is 0 Å². The zero-order chi connectivity index (χ0) is 14.0. The molecule has 1 fully saturated rings. The average molecular weight is 303 g/mol. The molecule has 8 heteroatoms. The van der Waals surface area contributed by atoms with Crippen molar-refractivity contribution in [3.05, 3.63) is 5.01 Å². The maximum atomic E-state index is 11.8. The molecule has 106 valence electrons. The van der Waals surface area contributed by atoms with E-state index >= 15 is 0 Å². The monoisotopic (exact) mass is 303 g/mol. The van der Waals surface area contributed by atoms with Gasteiger partial charge in [0.15, 0.2) is 9.84 Å². The third-order valence-corrected chi connectivity index (χ3v) is 5.96. The highest BCUT2D eigenvalue weighted by atomic mass is 32.2. The normalized spacial score (nSPS) is 21.7. The van der Waals surface area contributed by atoms with E-state index in [0.717, 1.165) is 5.01 Å². The van der Waals surface area contributed by atoms with Crippen LogP contribution < -0.4 is 5.32 Å². The Balaban J connectivity index is 1.87. The molecule has 0 saturated carbocycles. The Labute approximate surface area is 116 Å². The summed E-state index contributed by atoms with van der Waals surface area (Å²) in [5, 5.41) is 11.9. The number of sulfone groups is 1. The predicted octanol–water partition coefficient (Wildman–Crippen LogP) is 1.42. The van der Waals surface area contributed by atoms with E-state index in [2.05, 4.69) is 15.5 Å². The third kappa shape index (κ3) is 3.97. The summed E-state index contributed by atoms with van der Waals surface area (Å²) in [7, 11) is -2.93. The van der Waals surface area contributed by atoms with Crippen LogP contribution in [0.25, 0.3) is 0 Å². The minimum atomic E-state index is -2.93. The average Bonchev–Trinajstić information content (AvgIpc) is 2.85. The molecule has 6 nitrogen and oxygen atoms in total. The van der Waals surface area contributed by atoms with E-state index in [-0.39, 0.29) is 35.7 Å². The zero-order valence-corrected chi connectivity index (χ0v) is 12.6. The molecule has 1 saturated heterocycles. The Morgan fingerprint density at radius 3 is 2.74 bits per heavy atom. The van der Waals surface area contributed by atoms with E-state index in [4.69, 9.17) is 0 Å². The molecule has 1 amide bonds. The van der Waals surface area contributed by atoms with Crippen LogP contribution in [0.2, 0.25) is 0 Å². The van der Waals surface area contributed by atoms with Crippen LogP contribution in [0.1, 0.15) is 37.6 Å². The Morgan fingerprint density at radius 1 is 1.47 bits per heavy atom. The number of aromatic nitrogens is 2. The number of hydrogen-bond acceptors (Lipinski definition) is 6. The van der Waals surface area contributed by atoms with Crippen molar-refractivity contribution in [2.24, 2.45) is 5.92 Å². The molecule has 0 bridgehead atoms. The van der Waals surface area contributed by atoms with E-state index in [1.807, 2.05) is 13.8 Å². The van der Waals surface area contributed by atoms with Crippen molar-refractivity contribution >= 4 is 32.2 Å². The summed E-state index contributed by atoms with van der Waals surface area (Å²) in [5.74, 6) is 0.342. The number of hydrogen-bond donors (Lipinski definition) is 1. The van der Waals surface area contributed by atoms with Gasteiger partial charge in [-0.1, -0.05) is 25.2 Å². The van der Waals surface area contributed by atoms with Crippen molar-refractivity contribution in [2.45, 2.75) is 32.6 Å². The SMILES string of the molecule is CC(C)c1nnc(NC(=O)CC2CCS(=O)(=O)C2)s1. The van der Waals surface area contributed by atoms with E-state index in [0.29, 0.717) is 11.6 Å². The van der Waals surface area contributed by atoms with Crippen molar-refractivity contribution in [1.82, 2.24) is 10.2 Å². The Kier molecular flexibility index (Phi) is 4.19. The number of carbonyl (C=O) groups excluding carboxylic acids is 1. The number of nitrogens with one attached hydrogen (secondary N) is 1. The Hall–Kier alpha value is -1.02. The molecule has 2 rings (SSSR count). The maximum absolute atomic E-state index is 11.8. The van der Waals surface area contributed by atoms with E-state index in [9.17, 15) is 13.2 Å². The molecule has 0 spiro atoms. The number of nitrogens with zero attached hydrogens (tertiary/aromatic N) is 2. The molecular weight excluding hydrogens is 286 g/mol. The number of amides is 1. The van der Waals surface area contributed by atoms with Gasteiger partial charge in [0.2, 0.25) is 11.0 Å². The molecular formula is C11H17N3O3S2. The lowest BCUT2D eigenvalue weighted by molar-refractivity contribution is -0.116. The summed E-state index contributed by atoms with van der Waals surface area (Å²) >= 11 is 1.35. The van der Waals surface area contributed by atoms with Crippen molar-refractivity contribution in [2.75, 3.05) is 16.8 Å². The second kappa shape index (κ2) is 5.54. The summed E-state index contributed by atoms with van der Waals surface area (Å²) in [5.41, 5.74) is 0. The molecule has 1 aliphatic heterocycles. The van der Waals surface area contributed by atoms with Gasteiger partial charge in [-0.05, 0) is 12.3 Å². The number of rotatable bonds is 4. The molecule has 19 heavy (non-hydrogen) atoms. The van der Waals surface area contributed by atoms with Crippen LogP contribution in [-0.4, -0.2) is 36.0 Å². The van der Waals surface area contributed by atoms with Crippen LogP contribution in [-0.2, 0) is 14.6 Å². The van der Waals surface area contributed by atoms with Crippen molar-refractivity contribution in [3.63, 3.8) is 0 Å². The van der Waals surface area contributed by atoms with Gasteiger partial charge in [0.25, 0.3) is 0 Å². The second-order valence-corrected chi connectivity index (χ2v) is 8.36. The second-order valence-electron chi connectivity index (χ2n) is 5.12. The first-order chi connectivity index (χ1) is 8.85. The van der Waals surface area contributed by atoms with Gasteiger partial charge in [0.05, 0.1) is 11.5 Å². The highest BCUT2D eigenvalue weighted by Crippen LogP contribution is 2.24. The van der Waals surface area contributed by atoms with Gasteiger partial charge in [-0.3, -0.25) is 4.79 Å². The molecule has 0 radical (unpaired) electrons. The lowest BCUT2D eigenvalue weighted by atomic mass is 10.1. The Bertz CT molecular complexity index is 565. The third-order valence-electron chi connectivity index (χ3n) is 2.98. The van der Waals surface area contributed by atoms with Crippen LogP contribution >= 0.6 is 11.3 Å². The van der Waals surface area contributed by atoms with Gasteiger partial charge in [-0.25, -0.2) is 8.42 Å². The van der Waals surface area contributed by atoms with Crippen LogP contribution in [0.15, 0.2) is 0 Å². The van der Waals surface area contributed by atoms with Crippen LogP contribution in [0.4, 0.5) is 5.13 Å². The summed E-state index contributed by atoms with van der Waals surface area (Å²) < 4.78 is 22.6. The van der Waals surface area contributed by atoms with Crippen LogP contribution in [0.3, 0.4) is 0 Å². The molecule has 2 heterocycles. The van der Waals surface area contributed by atoms with Crippen LogP contribution in [0, 0.1) is 5.92 Å². The molecule has 1 aromatic rings. The van der Waals surface area contributed by atoms with E-state index in [1.165, 1.54) is 11.3 Å². The molecule has 0 aromatic carbocycles. The fourth-order valence-electron chi connectivity index (χ4n) is 1.98. The van der Waals surface area contributed by atoms with Gasteiger partial charge in [-0.15, -0.1) is 10.2 Å². The quantitative estimate of drug-likeness (QED) is 0.908. The maximum Gasteiger partial charge on any atom is 0.226 e. The molecule has 1 atom stereocenters. The standard InChI is InChI=1S/C11H17N3O3S2/c1-7(2)10-13-14-11(18-10)12-9(15)5-8-3-4-19(16,17)6-8/h7-8H,3-6H2,1-2H3,(H,12,14,15). The number of carbonyl (C=O) groups is 1. The molecule has 1 N–H and O–H groups in total. The first-order valence-corrected chi connectivity index (χ1v) is 8.83. The number of anilines is 1. The lowest BCUT2D eigenvalue weighted by Gasteiger charge is -2.06. The Morgan fingerprint density at radius 2 is 2.21 bits per heavy atom. The van der Waals surface area contributed by atoms with Gasteiger partial charge in [0, 0.05) is 12.3 Å². The fourth-order valence-corrected chi connectivity index (χ4v) is 4.61. The zero-order valence-electron chi connectivity index (χ0n) is 10.9. The van der Waals surface area contributed by atoms with Gasteiger partial charge < -0.3 is 5.32 Å². The summed E-state index contributed by atoms with van der Waals surface area (Å²) in [6.45, 7) is 4.02. The summed E-state index contributed by atoms with van der Waals surface area (Å²) in [6.07, 6.45) is 0.805. The fraction of sp³-hybridized carbons (Fsp3) is 0.727. The van der Waals surface area contributed by atoms with Gasteiger partial charge in [0.1, 0.15) is 5.01 Å². The largest absolute Gasteiger partial charge is 0.301 e. The highest BCUT2D eigenvalue weighted by molar-refractivity contribution is 7.91. The van der Waals surface area contributed by atoms with Crippen molar-refractivity contribution in [3.8, 4) is 0 Å². The summed E-state index contributed by atoms with van der Waals surface area (Å²) in [6, 6.07) is 0. The van der Waals surface area contributed by atoms with Gasteiger partial charge >= 0.3 is 0 Å². The summed E-state index contributed by atoms with van der Waals surface area (Å²) in [4.78, 5) is 11.8. The van der Waals surface area contributed by atoms with Gasteiger partial charge in [-0.2, -0.15) is 0 Å². The lowest BCUT2D eigenvalue weighted by Crippen LogP contribution is -2.17. The van der Waals surface area contributed by atoms with Crippen LogP contribution in [0.5, 0.6) is 0 Å². The highest BCUT2D eigenvalue weighted by Gasteiger charge is 2.29. The predicted molar refractivity (Wildman–Crippen MR) is 74.0 cm³/mol. The topological polar surface area (TPSA) is 89.0 Å². The first-order valence-electron chi connectivity index (χ1n) is 6.19. The molecule has 0 aliphatic carbocycles. The van der Waals surface area contributed by atoms with Crippen molar-refractivity contribution in [1.29, 1.82) is 0 Å². The molecule has 1 unspecified atom stereocenters. The van der Waals surface area contributed by atoms with E-state index < -0.39 is 9.84 Å². The molecule has 1 aliphatic rings. The first kappa shape index (κ1) is 14.4. The minimum Gasteiger partial charge on any atom is -0.301 e. The minimum absolute atomic E-state index is 0.0671. The molecule has 1 aromatic heterocycles. The van der Waals surface area contributed by atoms with Crippen molar-refractivity contribution < 1.29 is 13.2 Å².